The Kier molecular flexibility index (Phi) is 4.56. The predicted molar refractivity (Wildman–Crippen MR) is 79.9 cm³/mol. The van der Waals surface area contributed by atoms with E-state index in [2.05, 4.69) is 42.1 Å². The van der Waals surface area contributed by atoms with Gasteiger partial charge in [-0.05, 0) is 51.1 Å². The molecule has 0 aliphatic rings. The van der Waals surface area contributed by atoms with Gasteiger partial charge in [0, 0.05) is 19.6 Å². The van der Waals surface area contributed by atoms with Crippen molar-refractivity contribution in [3.63, 3.8) is 0 Å². The molecule has 0 spiro atoms. The first kappa shape index (κ1) is 14.0. The van der Waals surface area contributed by atoms with Crippen LogP contribution in [0.3, 0.4) is 0 Å². The van der Waals surface area contributed by atoms with E-state index in [1.165, 1.54) is 11.1 Å². The molecular weight excluding hydrogens is 236 g/mol. The molecule has 0 saturated heterocycles. The monoisotopic (exact) mass is 260 g/mol. The average molecular weight is 260 g/mol. The minimum atomic E-state index is 0.304. The molecule has 2 aromatic rings. The molecule has 0 amide bonds. The number of nitrogens with two attached hydrogens (primary N) is 1. The third kappa shape index (κ3) is 3.78. The smallest absolute Gasteiger partial charge is 0.0955 e. The van der Waals surface area contributed by atoms with Crippen LogP contribution in [0, 0.1) is 0 Å². The molecule has 0 saturated carbocycles. The van der Waals surface area contributed by atoms with Crippen molar-refractivity contribution < 1.29 is 0 Å². The van der Waals surface area contributed by atoms with Gasteiger partial charge in [-0.15, -0.1) is 0 Å². The van der Waals surface area contributed by atoms with Crippen LogP contribution in [0.25, 0.3) is 11.0 Å². The van der Waals surface area contributed by atoms with E-state index in [0.29, 0.717) is 6.04 Å². The zero-order valence-corrected chi connectivity index (χ0v) is 12.1. The summed E-state index contributed by atoms with van der Waals surface area (Å²) in [6.07, 6.45) is 4.10. The van der Waals surface area contributed by atoms with Crippen molar-refractivity contribution in [2.75, 3.05) is 13.6 Å². The highest BCUT2D eigenvalue weighted by Gasteiger charge is 2.04. The molecule has 1 aromatic heterocycles. The Morgan fingerprint density at radius 3 is 2.95 bits per heavy atom. The molecule has 4 heteroatoms. The fourth-order valence-electron chi connectivity index (χ4n) is 2.35. The second kappa shape index (κ2) is 6.17. The summed E-state index contributed by atoms with van der Waals surface area (Å²) in [5, 5.41) is 0. The quantitative estimate of drug-likeness (QED) is 0.865. The lowest BCUT2D eigenvalue weighted by molar-refractivity contribution is 0.315. The van der Waals surface area contributed by atoms with E-state index < -0.39 is 0 Å². The molecule has 2 N–H and O–H groups in total. The van der Waals surface area contributed by atoms with E-state index in [4.69, 9.17) is 5.73 Å². The maximum atomic E-state index is 5.77. The van der Waals surface area contributed by atoms with E-state index in [1.54, 1.807) is 0 Å². The summed E-state index contributed by atoms with van der Waals surface area (Å²) in [6, 6.07) is 6.81. The number of benzene rings is 1. The number of aryl methyl sites for hydroxylation is 1. The van der Waals surface area contributed by atoms with Crippen LogP contribution in [0.4, 0.5) is 0 Å². The van der Waals surface area contributed by atoms with E-state index in [9.17, 15) is 0 Å². The normalized spacial score (nSPS) is 13.3. The number of aromatic nitrogens is 2. The van der Waals surface area contributed by atoms with Gasteiger partial charge in [-0.3, -0.25) is 0 Å². The molecule has 0 aliphatic carbocycles. The number of imidazole rings is 1. The summed E-state index contributed by atoms with van der Waals surface area (Å²) in [6.45, 7) is 4.11. The lowest BCUT2D eigenvalue weighted by Crippen LogP contribution is -2.22. The highest BCUT2D eigenvalue weighted by Crippen LogP contribution is 2.15. The van der Waals surface area contributed by atoms with Gasteiger partial charge in [0.05, 0.1) is 17.4 Å². The zero-order chi connectivity index (χ0) is 13.8. The Balaban J connectivity index is 1.93. The lowest BCUT2D eigenvalue weighted by Gasteiger charge is -2.17. The van der Waals surface area contributed by atoms with Gasteiger partial charge in [0.15, 0.2) is 0 Å². The van der Waals surface area contributed by atoms with Gasteiger partial charge in [-0.1, -0.05) is 6.07 Å². The van der Waals surface area contributed by atoms with Crippen LogP contribution in [0.2, 0.25) is 0 Å². The maximum Gasteiger partial charge on any atom is 0.0955 e. The summed E-state index contributed by atoms with van der Waals surface area (Å²) < 4.78 is 2.05. The van der Waals surface area contributed by atoms with Crippen LogP contribution in [0.15, 0.2) is 24.5 Å². The molecule has 1 aromatic carbocycles. The number of rotatable bonds is 6. The standard InChI is InChI=1S/C15H24N4/c1-12(16)5-4-8-18(2)10-13-6-7-15-14(9-13)17-11-19(15)3/h6-7,9,11-12H,4-5,8,10,16H2,1-3H3. The van der Waals surface area contributed by atoms with E-state index in [0.717, 1.165) is 31.4 Å². The van der Waals surface area contributed by atoms with Gasteiger partial charge in [-0.25, -0.2) is 4.98 Å². The molecule has 104 valence electrons. The summed E-state index contributed by atoms with van der Waals surface area (Å²) >= 11 is 0. The van der Waals surface area contributed by atoms with Gasteiger partial charge in [0.2, 0.25) is 0 Å². The molecule has 19 heavy (non-hydrogen) atoms. The SMILES string of the molecule is CC(N)CCCN(C)Cc1ccc2c(c1)ncn2C. The topological polar surface area (TPSA) is 47.1 Å². The molecule has 0 fully saturated rings. The van der Waals surface area contributed by atoms with Crippen molar-refractivity contribution in [1.82, 2.24) is 14.5 Å². The largest absolute Gasteiger partial charge is 0.334 e. The fourth-order valence-corrected chi connectivity index (χ4v) is 2.35. The fraction of sp³-hybridized carbons (Fsp3) is 0.533. The molecular formula is C15H24N4. The Labute approximate surface area is 115 Å². The summed E-state index contributed by atoms with van der Waals surface area (Å²) in [4.78, 5) is 6.74. The van der Waals surface area contributed by atoms with E-state index in [1.807, 2.05) is 17.9 Å². The van der Waals surface area contributed by atoms with Gasteiger partial charge in [0.1, 0.15) is 0 Å². The summed E-state index contributed by atoms with van der Waals surface area (Å²) in [7, 11) is 4.18. The highest BCUT2D eigenvalue weighted by atomic mass is 15.1. The van der Waals surface area contributed by atoms with Crippen molar-refractivity contribution in [2.45, 2.75) is 32.4 Å². The van der Waals surface area contributed by atoms with Crippen molar-refractivity contribution in [2.24, 2.45) is 12.8 Å². The van der Waals surface area contributed by atoms with Gasteiger partial charge in [-0.2, -0.15) is 0 Å². The third-order valence-corrected chi connectivity index (χ3v) is 3.44. The average Bonchev–Trinajstić information content (AvgIpc) is 2.70. The van der Waals surface area contributed by atoms with Crippen molar-refractivity contribution in [1.29, 1.82) is 0 Å². The highest BCUT2D eigenvalue weighted by molar-refractivity contribution is 5.75. The Bertz CT molecular complexity index is 530. The van der Waals surface area contributed by atoms with E-state index in [-0.39, 0.29) is 0 Å². The van der Waals surface area contributed by atoms with Crippen LogP contribution < -0.4 is 5.73 Å². The van der Waals surface area contributed by atoms with Gasteiger partial charge in [0.25, 0.3) is 0 Å². The number of hydrogen-bond donors (Lipinski definition) is 1. The van der Waals surface area contributed by atoms with Gasteiger partial charge >= 0.3 is 0 Å². The molecule has 4 nitrogen and oxygen atoms in total. The van der Waals surface area contributed by atoms with E-state index >= 15 is 0 Å². The molecule has 0 bridgehead atoms. The first-order chi connectivity index (χ1) is 9.06. The second-order valence-corrected chi connectivity index (χ2v) is 5.54. The van der Waals surface area contributed by atoms with Gasteiger partial charge < -0.3 is 15.2 Å². The minimum Gasteiger partial charge on any atom is -0.334 e. The Hall–Kier alpha value is -1.39. The van der Waals surface area contributed by atoms with Crippen molar-refractivity contribution in [3.05, 3.63) is 30.1 Å². The molecule has 1 heterocycles. The first-order valence-corrected chi connectivity index (χ1v) is 6.90. The van der Waals surface area contributed by atoms with Crippen LogP contribution in [0.5, 0.6) is 0 Å². The van der Waals surface area contributed by atoms with Crippen LogP contribution in [0.1, 0.15) is 25.3 Å². The molecule has 2 rings (SSSR count). The summed E-state index contributed by atoms with van der Waals surface area (Å²) in [5.74, 6) is 0. The molecule has 0 radical (unpaired) electrons. The predicted octanol–water partition coefficient (Wildman–Crippen LogP) is 2.13. The van der Waals surface area contributed by atoms with Crippen LogP contribution in [-0.4, -0.2) is 34.1 Å². The Morgan fingerprint density at radius 2 is 2.21 bits per heavy atom. The van der Waals surface area contributed by atoms with Crippen LogP contribution >= 0.6 is 0 Å². The first-order valence-electron chi connectivity index (χ1n) is 6.90. The minimum absolute atomic E-state index is 0.304. The second-order valence-electron chi connectivity index (χ2n) is 5.54. The van der Waals surface area contributed by atoms with Crippen molar-refractivity contribution in [3.8, 4) is 0 Å². The number of hydrogen-bond acceptors (Lipinski definition) is 3. The third-order valence-electron chi connectivity index (χ3n) is 3.44. The zero-order valence-electron chi connectivity index (χ0n) is 12.1. The molecule has 0 aliphatic heterocycles. The molecule has 1 atom stereocenters. The van der Waals surface area contributed by atoms with Crippen molar-refractivity contribution >= 4 is 11.0 Å². The summed E-state index contributed by atoms with van der Waals surface area (Å²) in [5.41, 5.74) is 9.34. The van der Waals surface area contributed by atoms with Crippen LogP contribution in [-0.2, 0) is 13.6 Å². The number of nitrogens with zero attached hydrogens (tertiary/aromatic N) is 3. The molecule has 1 unspecified atom stereocenters. The maximum absolute atomic E-state index is 5.77. The lowest BCUT2D eigenvalue weighted by atomic mass is 10.1. The Morgan fingerprint density at radius 1 is 1.42 bits per heavy atom. The number of fused-ring (bicyclic) bond motifs is 1.